The second-order valence-electron chi connectivity index (χ2n) is 8.20. The predicted molar refractivity (Wildman–Crippen MR) is 138 cm³/mol. The number of carbonyl (C=O) groups excluding carboxylic acids is 3. The number of imide groups is 1. The molecule has 2 heterocycles. The van der Waals surface area contributed by atoms with Crippen LogP contribution < -0.4 is 10.1 Å². The van der Waals surface area contributed by atoms with Crippen LogP contribution in [0.3, 0.4) is 0 Å². The number of allylic oxidation sites excluding steroid dienone is 1. The Hall–Kier alpha value is -4.30. The average molecular weight is 499 g/mol. The maximum atomic E-state index is 13.2. The Morgan fingerprint density at radius 1 is 1.03 bits per heavy atom. The number of aromatic nitrogens is 1. The van der Waals surface area contributed by atoms with Gasteiger partial charge in [0.1, 0.15) is 5.75 Å². The van der Waals surface area contributed by atoms with Gasteiger partial charge in [-0.2, -0.15) is 0 Å². The van der Waals surface area contributed by atoms with E-state index in [-0.39, 0.29) is 0 Å². The molecule has 0 bridgehead atoms. The Bertz CT molecular complexity index is 1490. The summed E-state index contributed by atoms with van der Waals surface area (Å²) in [6, 6.07) is 18.4. The number of rotatable bonds is 6. The van der Waals surface area contributed by atoms with Gasteiger partial charge in [0.05, 0.1) is 28.8 Å². The molecule has 180 valence electrons. The first-order chi connectivity index (χ1) is 17.5. The molecule has 0 saturated carbocycles. The van der Waals surface area contributed by atoms with E-state index >= 15 is 0 Å². The highest BCUT2D eigenvalue weighted by Crippen LogP contribution is 2.38. The molecule has 2 aromatic carbocycles. The van der Waals surface area contributed by atoms with Crippen LogP contribution in [0.25, 0.3) is 22.6 Å². The van der Waals surface area contributed by atoms with Crippen molar-refractivity contribution in [3.63, 3.8) is 0 Å². The van der Waals surface area contributed by atoms with Crippen molar-refractivity contribution < 1.29 is 23.9 Å². The van der Waals surface area contributed by atoms with Gasteiger partial charge in [-0.15, -0.1) is 11.3 Å². The van der Waals surface area contributed by atoms with Gasteiger partial charge < -0.3 is 9.47 Å². The summed E-state index contributed by atoms with van der Waals surface area (Å²) in [5.74, 6) is -1.04. The summed E-state index contributed by atoms with van der Waals surface area (Å²) in [6.45, 7) is -0.560. The van der Waals surface area contributed by atoms with Crippen LogP contribution in [0.5, 0.6) is 5.75 Å². The van der Waals surface area contributed by atoms with Crippen molar-refractivity contribution in [1.82, 2.24) is 10.3 Å². The molecule has 5 rings (SSSR count). The van der Waals surface area contributed by atoms with Gasteiger partial charge in [-0.05, 0) is 65.3 Å². The number of para-hydroxylation sites is 1. The molecule has 0 atom stereocenters. The monoisotopic (exact) mass is 498 g/mol. The fourth-order valence-corrected chi connectivity index (χ4v) is 4.87. The standard InChI is InChI=1S/C28H22N2O5S/c1-34-19-11-8-17(9-12-19)15-18-10-13-21-25(20-5-2-3-6-22(20)29-26(18)21)28(33)35-16-24(31)30-27(32)23-7-4-14-36-23/h2-9,11-12,14-15H,10,13,16H2,1H3,(H,30,31,32)/b18-15+. The number of hydrogen-bond donors (Lipinski definition) is 1. The Kier molecular flexibility index (Phi) is 6.60. The van der Waals surface area contributed by atoms with Crippen LogP contribution in [0.2, 0.25) is 0 Å². The van der Waals surface area contributed by atoms with Crippen LogP contribution in [0, 0.1) is 0 Å². The van der Waals surface area contributed by atoms with Crippen molar-refractivity contribution >= 4 is 51.7 Å². The van der Waals surface area contributed by atoms with Crippen LogP contribution in [0.4, 0.5) is 0 Å². The molecular formula is C28H22N2O5S. The normalized spacial score (nSPS) is 13.4. The quantitative estimate of drug-likeness (QED) is 0.380. The molecule has 0 saturated heterocycles. The Balaban J connectivity index is 1.41. The Labute approximate surface area is 211 Å². The summed E-state index contributed by atoms with van der Waals surface area (Å²) >= 11 is 1.22. The number of hydrogen-bond acceptors (Lipinski definition) is 7. The first-order valence-electron chi connectivity index (χ1n) is 11.3. The minimum absolute atomic E-state index is 0.406. The largest absolute Gasteiger partial charge is 0.497 e. The van der Waals surface area contributed by atoms with E-state index in [1.807, 2.05) is 48.5 Å². The number of esters is 1. The number of ether oxygens (including phenoxy) is 2. The summed E-state index contributed by atoms with van der Waals surface area (Å²) in [5, 5.41) is 4.66. The summed E-state index contributed by atoms with van der Waals surface area (Å²) in [6.07, 6.45) is 3.41. The zero-order valence-corrected chi connectivity index (χ0v) is 20.3. The molecule has 8 heteroatoms. The molecule has 1 aliphatic rings. The lowest BCUT2D eigenvalue weighted by atomic mass is 10.0. The molecule has 0 unspecified atom stereocenters. The number of amides is 2. The SMILES string of the molecule is COc1ccc(/C=C2\CCc3c2nc2ccccc2c3C(=O)OCC(=O)NC(=O)c2cccs2)cc1. The maximum absolute atomic E-state index is 13.2. The second-order valence-corrected chi connectivity index (χ2v) is 9.15. The number of pyridine rings is 1. The van der Waals surface area contributed by atoms with E-state index in [1.165, 1.54) is 11.3 Å². The minimum Gasteiger partial charge on any atom is -0.497 e. The Morgan fingerprint density at radius 3 is 2.58 bits per heavy atom. The topological polar surface area (TPSA) is 94.6 Å². The molecule has 2 amide bonds. The summed E-state index contributed by atoms with van der Waals surface area (Å²) in [7, 11) is 1.63. The first-order valence-corrected chi connectivity index (χ1v) is 12.2. The van der Waals surface area contributed by atoms with E-state index in [1.54, 1.807) is 24.6 Å². The van der Waals surface area contributed by atoms with Crippen LogP contribution in [-0.4, -0.2) is 36.5 Å². The molecule has 2 aromatic heterocycles. The summed E-state index contributed by atoms with van der Waals surface area (Å²) < 4.78 is 10.6. The molecule has 1 N–H and O–H groups in total. The lowest BCUT2D eigenvalue weighted by Crippen LogP contribution is -2.33. The first kappa shape index (κ1) is 23.4. The fourth-order valence-electron chi connectivity index (χ4n) is 4.25. The number of methoxy groups -OCH3 is 1. The van der Waals surface area contributed by atoms with Crippen molar-refractivity contribution in [2.24, 2.45) is 0 Å². The van der Waals surface area contributed by atoms with Gasteiger partial charge in [0, 0.05) is 5.39 Å². The predicted octanol–water partition coefficient (Wildman–Crippen LogP) is 4.91. The van der Waals surface area contributed by atoms with Gasteiger partial charge in [-0.25, -0.2) is 9.78 Å². The van der Waals surface area contributed by atoms with E-state index in [0.717, 1.165) is 34.6 Å². The van der Waals surface area contributed by atoms with E-state index in [4.69, 9.17) is 14.5 Å². The number of fused-ring (bicyclic) bond motifs is 2. The Morgan fingerprint density at radius 2 is 1.83 bits per heavy atom. The molecular weight excluding hydrogens is 476 g/mol. The number of nitrogens with one attached hydrogen (secondary N) is 1. The van der Waals surface area contributed by atoms with E-state index in [9.17, 15) is 14.4 Å². The van der Waals surface area contributed by atoms with Crippen LogP contribution >= 0.6 is 11.3 Å². The smallest absolute Gasteiger partial charge is 0.339 e. The molecule has 0 fully saturated rings. The van der Waals surface area contributed by atoms with Crippen molar-refractivity contribution in [1.29, 1.82) is 0 Å². The molecule has 4 aromatic rings. The maximum Gasteiger partial charge on any atom is 0.339 e. The summed E-state index contributed by atoms with van der Waals surface area (Å²) in [5.41, 5.74) is 4.66. The lowest BCUT2D eigenvalue weighted by molar-refractivity contribution is -0.123. The molecule has 36 heavy (non-hydrogen) atoms. The number of thiophene rings is 1. The highest BCUT2D eigenvalue weighted by Gasteiger charge is 2.28. The minimum atomic E-state index is -0.683. The van der Waals surface area contributed by atoms with Crippen molar-refractivity contribution in [2.45, 2.75) is 12.8 Å². The van der Waals surface area contributed by atoms with Gasteiger partial charge in [-0.3, -0.25) is 14.9 Å². The van der Waals surface area contributed by atoms with E-state index in [0.29, 0.717) is 27.8 Å². The second kappa shape index (κ2) is 10.1. The van der Waals surface area contributed by atoms with Crippen LogP contribution in [-0.2, 0) is 16.0 Å². The molecule has 1 aliphatic carbocycles. The van der Waals surface area contributed by atoms with E-state index in [2.05, 4.69) is 11.4 Å². The number of carbonyl (C=O) groups is 3. The van der Waals surface area contributed by atoms with Crippen molar-refractivity contribution in [2.75, 3.05) is 13.7 Å². The van der Waals surface area contributed by atoms with Crippen LogP contribution in [0.1, 0.15) is 43.3 Å². The molecule has 7 nitrogen and oxygen atoms in total. The van der Waals surface area contributed by atoms with Gasteiger partial charge in [0.2, 0.25) is 0 Å². The summed E-state index contributed by atoms with van der Waals surface area (Å²) in [4.78, 5) is 42.8. The third kappa shape index (κ3) is 4.76. The molecule has 0 spiro atoms. The number of nitrogens with zero attached hydrogens (tertiary/aromatic N) is 1. The fraction of sp³-hybridized carbons (Fsp3) is 0.143. The highest BCUT2D eigenvalue weighted by atomic mass is 32.1. The lowest BCUT2D eigenvalue weighted by Gasteiger charge is -2.12. The van der Waals surface area contributed by atoms with Gasteiger partial charge >= 0.3 is 5.97 Å². The van der Waals surface area contributed by atoms with Crippen LogP contribution in [0.15, 0.2) is 66.0 Å². The zero-order chi connectivity index (χ0) is 25.1. The van der Waals surface area contributed by atoms with E-state index < -0.39 is 24.4 Å². The molecule has 0 radical (unpaired) electrons. The van der Waals surface area contributed by atoms with Gasteiger partial charge in [-0.1, -0.05) is 36.4 Å². The highest BCUT2D eigenvalue weighted by molar-refractivity contribution is 7.12. The van der Waals surface area contributed by atoms with Gasteiger partial charge in [0.15, 0.2) is 6.61 Å². The van der Waals surface area contributed by atoms with Gasteiger partial charge in [0.25, 0.3) is 11.8 Å². The average Bonchev–Trinajstić information content (AvgIpc) is 3.57. The number of benzene rings is 2. The third-order valence-corrected chi connectivity index (χ3v) is 6.80. The molecule has 0 aliphatic heterocycles. The zero-order valence-electron chi connectivity index (χ0n) is 19.4. The van der Waals surface area contributed by atoms with Crippen molar-refractivity contribution in [3.05, 3.63) is 93.3 Å². The van der Waals surface area contributed by atoms with Crippen molar-refractivity contribution in [3.8, 4) is 5.75 Å². The third-order valence-electron chi connectivity index (χ3n) is 5.93.